The molecule has 2 unspecified atom stereocenters. The van der Waals surface area contributed by atoms with Crippen molar-refractivity contribution in [3.8, 4) is 0 Å². The van der Waals surface area contributed by atoms with Crippen LogP contribution in [0.25, 0.3) is 0 Å². The first-order chi connectivity index (χ1) is 8.94. The summed E-state index contributed by atoms with van der Waals surface area (Å²) in [6.45, 7) is 12.3. The third kappa shape index (κ3) is 2.73. The van der Waals surface area contributed by atoms with E-state index in [2.05, 4.69) is 45.3 Å². The van der Waals surface area contributed by atoms with Crippen LogP contribution >= 0.6 is 11.3 Å². The number of aromatic nitrogens is 1. The molecule has 0 bridgehead atoms. The first-order valence-electron chi connectivity index (χ1n) is 7.65. The summed E-state index contributed by atoms with van der Waals surface area (Å²) in [5.41, 5.74) is 1.55. The average molecular weight is 280 g/mol. The molecule has 19 heavy (non-hydrogen) atoms. The van der Waals surface area contributed by atoms with Gasteiger partial charge in [-0.3, -0.25) is 0 Å². The Morgan fingerprint density at radius 1 is 1.42 bits per heavy atom. The summed E-state index contributed by atoms with van der Waals surface area (Å²) in [5.74, 6) is 0.742. The zero-order valence-electron chi connectivity index (χ0n) is 13.0. The van der Waals surface area contributed by atoms with Crippen LogP contribution in [0.1, 0.15) is 71.0 Å². The Morgan fingerprint density at radius 3 is 2.68 bits per heavy atom. The zero-order valence-corrected chi connectivity index (χ0v) is 13.9. The van der Waals surface area contributed by atoms with Crippen molar-refractivity contribution in [1.29, 1.82) is 0 Å². The van der Waals surface area contributed by atoms with Gasteiger partial charge in [-0.1, -0.05) is 47.5 Å². The standard InChI is InChI=1S/C16H28N2S/c1-6-12-9-8-10-16(12,17-7-2)14-18-13(11-19-14)15(3,4)5/h11-12,17H,6-10H2,1-5H3. The van der Waals surface area contributed by atoms with Crippen LogP contribution in [-0.2, 0) is 11.0 Å². The largest absolute Gasteiger partial charge is 0.305 e. The number of nitrogens with zero attached hydrogens (tertiary/aromatic N) is 1. The molecule has 2 rings (SSSR count). The summed E-state index contributed by atoms with van der Waals surface area (Å²) >= 11 is 1.86. The van der Waals surface area contributed by atoms with E-state index in [4.69, 9.17) is 4.98 Å². The molecule has 0 aromatic carbocycles. The highest BCUT2D eigenvalue weighted by Gasteiger charge is 2.45. The van der Waals surface area contributed by atoms with Gasteiger partial charge >= 0.3 is 0 Å². The molecule has 0 spiro atoms. The van der Waals surface area contributed by atoms with E-state index in [1.54, 1.807) is 0 Å². The van der Waals surface area contributed by atoms with Crippen molar-refractivity contribution < 1.29 is 0 Å². The number of hydrogen-bond donors (Lipinski definition) is 1. The van der Waals surface area contributed by atoms with Gasteiger partial charge in [-0.15, -0.1) is 11.3 Å². The van der Waals surface area contributed by atoms with Crippen LogP contribution in [0, 0.1) is 5.92 Å². The number of rotatable bonds is 4. The van der Waals surface area contributed by atoms with Crippen LogP contribution in [0.15, 0.2) is 5.38 Å². The summed E-state index contributed by atoms with van der Waals surface area (Å²) in [4.78, 5) is 5.01. The minimum atomic E-state index is 0.150. The first-order valence-corrected chi connectivity index (χ1v) is 8.53. The second kappa shape index (κ2) is 5.53. The van der Waals surface area contributed by atoms with Crippen LogP contribution in [-0.4, -0.2) is 11.5 Å². The van der Waals surface area contributed by atoms with Gasteiger partial charge in [-0.2, -0.15) is 0 Å². The van der Waals surface area contributed by atoms with Crippen LogP contribution in [0.2, 0.25) is 0 Å². The molecule has 1 aliphatic rings. The fourth-order valence-electron chi connectivity index (χ4n) is 3.36. The van der Waals surface area contributed by atoms with Crippen molar-refractivity contribution in [2.24, 2.45) is 5.92 Å². The van der Waals surface area contributed by atoms with E-state index < -0.39 is 0 Å². The average Bonchev–Trinajstić information content (AvgIpc) is 2.94. The van der Waals surface area contributed by atoms with Crippen molar-refractivity contribution in [3.05, 3.63) is 16.1 Å². The Morgan fingerprint density at radius 2 is 2.16 bits per heavy atom. The van der Waals surface area contributed by atoms with Crippen LogP contribution in [0.5, 0.6) is 0 Å². The summed E-state index contributed by atoms with van der Waals surface area (Å²) < 4.78 is 0. The van der Waals surface area contributed by atoms with Crippen LogP contribution in [0.3, 0.4) is 0 Å². The second-order valence-corrected chi connectivity index (χ2v) is 7.65. The normalized spacial score (nSPS) is 27.9. The van der Waals surface area contributed by atoms with E-state index in [-0.39, 0.29) is 11.0 Å². The molecule has 1 heterocycles. The maximum atomic E-state index is 5.01. The highest BCUT2D eigenvalue weighted by Crippen LogP contribution is 2.46. The van der Waals surface area contributed by atoms with E-state index in [0.717, 1.165) is 12.5 Å². The lowest BCUT2D eigenvalue weighted by atomic mass is 9.85. The van der Waals surface area contributed by atoms with Crippen molar-refractivity contribution >= 4 is 11.3 Å². The lowest BCUT2D eigenvalue weighted by Gasteiger charge is -2.34. The van der Waals surface area contributed by atoms with Crippen molar-refractivity contribution in [2.75, 3.05) is 6.54 Å². The van der Waals surface area contributed by atoms with Crippen molar-refractivity contribution in [3.63, 3.8) is 0 Å². The van der Waals surface area contributed by atoms with Gasteiger partial charge in [0, 0.05) is 10.8 Å². The molecule has 1 aromatic rings. The van der Waals surface area contributed by atoms with E-state index in [1.807, 2.05) is 11.3 Å². The van der Waals surface area contributed by atoms with Gasteiger partial charge in [0.2, 0.25) is 0 Å². The van der Waals surface area contributed by atoms with Gasteiger partial charge < -0.3 is 5.32 Å². The molecule has 1 fully saturated rings. The smallest absolute Gasteiger partial charge is 0.113 e. The predicted octanol–water partition coefficient (Wildman–Crippen LogP) is 4.46. The minimum absolute atomic E-state index is 0.150. The maximum absolute atomic E-state index is 5.01. The Kier molecular flexibility index (Phi) is 4.36. The van der Waals surface area contributed by atoms with Gasteiger partial charge in [0.25, 0.3) is 0 Å². The molecule has 108 valence electrons. The highest BCUT2D eigenvalue weighted by molar-refractivity contribution is 7.09. The molecular weight excluding hydrogens is 252 g/mol. The first kappa shape index (κ1) is 15.0. The molecule has 1 saturated carbocycles. The number of hydrogen-bond acceptors (Lipinski definition) is 3. The van der Waals surface area contributed by atoms with Gasteiger partial charge in [0.15, 0.2) is 0 Å². The quantitative estimate of drug-likeness (QED) is 0.881. The Labute approximate surface area is 122 Å². The van der Waals surface area contributed by atoms with Crippen molar-refractivity contribution in [1.82, 2.24) is 10.3 Å². The minimum Gasteiger partial charge on any atom is -0.305 e. The lowest BCUT2D eigenvalue weighted by molar-refractivity contribution is 0.243. The van der Waals surface area contributed by atoms with E-state index >= 15 is 0 Å². The van der Waals surface area contributed by atoms with E-state index in [1.165, 1.54) is 36.4 Å². The zero-order chi connectivity index (χ0) is 14.1. The van der Waals surface area contributed by atoms with Crippen molar-refractivity contribution in [2.45, 2.75) is 71.3 Å². The molecule has 2 atom stereocenters. The molecular formula is C16H28N2S. The van der Waals surface area contributed by atoms with Crippen LogP contribution < -0.4 is 5.32 Å². The third-order valence-corrected chi connectivity index (χ3v) is 5.48. The van der Waals surface area contributed by atoms with Gasteiger partial charge in [0.1, 0.15) is 5.01 Å². The Bertz CT molecular complexity index is 419. The predicted molar refractivity (Wildman–Crippen MR) is 83.8 cm³/mol. The molecule has 3 heteroatoms. The molecule has 0 saturated heterocycles. The molecule has 2 nitrogen and oxygen atoms in total. The molecule has 1 aliphatic carbocycles. The monoisotopic (exact) mass is 280 g/mol. The van der Waals surface area contributed by atoms with Gasteiger partial charge in [-0.25, -0.2) is 4.98 Å². The molecule has 0 aliphatic heterocycles. The van der Waals surface area contributed by atoms with E-state index in [9.17, 15) is 0 Å². The Hall–Kier alpha value is -0.410. The molecule has 0 radical (unpaired) electrons. The number of nitrogens with one attached hydrogen (secondary N) is 1. The summed E-state index contributed by atoms with van der Waals surface area (Å²) in [6, 6.07) is 0. The summed E-state index contributed by atoms with van der Waals surface area (Å²) in [7, 11) is 0. The maximum Gasteiger partial charge on any atom is 0.113 e. The SMILES string of the molecule is CCNC1(c2nc(C(C)(C)C)cs2)CCCC1CC. The number of thiazole rings is 1. The fraction of sp³-hybridized carbons (Fsp3) is 0.812. The highest BCUT2D eigenvalue weighted by atomic mass is 32.1. The molecule has 0 amide bonds. The topological polar surface area (TPSA) is 24.9 Å². The fourth-order valence-corrected chi connectivity index (χ4v) is 4.69. The van der Waals surface area contributed by atoms with Crippen LogP contribution in [0.4, 0.5) is 0 Å². The van der Waals surface area contributed by atoms with Gasteiger partial charge in [-0.05, 0) is 25.3 Å². The Balaban J connectivity index is 2.37. The van der Waals surface area contributed by atoms with E-state index in [0.29, 0.717) is 0 Å². The second-order valence-electron chi connectivity index (χ2n) is 6.79. The molecule has 1 N–H and O–H groups in total. The lowest BCUT2D eigenvalue weighted by Crippen LogP contribution is -2.45. The van der Waals surface area contributed by atoms with Gasteiger partial charge in [0.05, 0.1) is 11.2 Å². The molecule has 1 aromatic heterocycles. The summed E-state index contributed by atoms with van der Waals surface area (Å²) in [5, 5.41) is 7.37. The third-order valence-electron chi connectivity index (χ3n) is 4.46. The summed E-state index contributed by atoms with van der Waals surface area (Å²) in [6.07, 6.45) is 5.16.